The fraction of sp³-hybridized carbons (Fsp3) is 0.357. The van der Waals surface area contributed by atoms with Crippen molar-refractivity contribution in [1.29, 1.82) is 0 Å². The molecule has 0 unspecified atom stereocenters. The third-order valence-electron chi connectivity index (χ3n) is 2.83. The summed E-state index contributed by atoms with van der Waals surface area (Å²) < 4.78 is 17.9. The van der Waals surface area contributed by atoms with E-state index in [1.54, 1.807) is 30.6 Å². The Morgan fingerprint density at radius 2 is 2.10 bits per heavy atom. The smallest absolute Gasteiger partial charge is 0.189 e. The largest absolute Gasteiger partial charge is 0.383 e. The molecule has 0 radical (unpaired) electrons. The zero-order chi connectivity index (χ0) is 14.4. The van der Waals surface area contributed by atoms with Crippen LogP contribution in [0.15, 0.2) is 29.6 Å². The van der Waals surface area contributed by atoms with Gasteiger partial charge in [0.25, 0.3) is 0 Å². The summed E-state index contributed by atoms with van der Waals surface area (Å²) in [5.74, 6) is -0.232. The van der Waals surface area contributed by atoms with Crippen LogP contribution in [0.5, 0.6) is 0 Å². The zero-order valence-corrected chi connectivity index (χ0v) is 12.4. The van der Waals surface area contributed by atoms with Crippen molar-refractivity contribution in [2.24, 2.45) is 0 Å². The van der Waals surface area contributed by atoms with Gasteiger partial charge < -0.3 is 15.0 Å². The van der Waals surface area contributed by atoms with Crippen LogP contribution in [0.1, 0.15) is 5.69 Å². The molecule has 20 heavy (non-hydrogen) atoms. The Morgan fingerprint density at radius 3 is 2.80 bits per heavy atom. The minimum absolute atomic E-state index is 0.232. The van der Waals surface area contributed by atoms with E-state index in [0.29, 0.717) is 6.61 Å². The minimum Gasteiger partial charge on any atom is -0.383 e. The maximum Gasteiger partial charge on any atom is 0.189 e. The maximum atomic E-state index is 12.9. The molecule has 1 heterocycles. The zero-order valence-electron chi connectivity index (χ0n) is 11.6. The molecule has 0 bridgehead atoms. The summed E-state index contributed by atoms with van der Waals surface area (Å²) in [5.41, 5.74) is 1.91. The average molecular weight is 295 g/mol. The first kappa shape index (κ1) is 14.9. The van der Waals surface area contributed by atoms with Gasteiger partial charge in [0.15, 0.2) is 5.13 Å². The topological polar surface area (TPSA) is 37.4 Å². The second-order valence-corrected chi connectivity index (χ2v) is 5.16. The Labute approximate surface area is 122 Å². The third kappa shape index (κ3) is 4.00. The minimum atomic E-state index is -0.232. The Balaban J connectivity index is 1.95. The summed E-state index contributed by atoms with van der Waals surface area (Å²) in [7, 11) is 3.61. The molecule has 0 aliphatic rings. The Kier molecular flexibility index (Phi) is 5.46. The number of methoxy groups -OCH3 is 1. The van der Waals surface area contributed by atoms with Crippen molar-refractivity contribution in [3.8, 4) is 0 Å². The van der Waals surface area contributed by atoms with Gasteiger partial charge in [-0.15, -0.1) is 11.3 Å². The molecule has 6 heteroatoms. The van der Waals surface area contributed by atoms with Crippen molar-refractivity contribution in [2.75, 3.05) is 32.2 Å². The van der Waals surface area contributed by atoms with E-state index in [1.165, 1.54) is 12.1 Å². The number of aromatic nitrogens is 1. The first-order chi connectivity index (χ1) is 9.70. The maximum absolute atomic E-state index is 12.9. The highest BCUT2D eigenvalue weighted by atomic mass is 32.1. The van der Waals surface area contributed by atoms with Crippen LogP contribution < -0.4 is 10.2 Å². The lowest BCUT2D eigenvalue weighted by atomic mass is 10.3. The molecule has 0 spiro atoms. The molecule has 108 valence electrons. The summed E-state index contributed by atoms with van der Waals surface area (Å²) in [6.45, 7) is 2.21. The molecular weight excluding hydrogens is 277 g/mol. The molecule has 2 rings (SSSR count). The van der Waals surface area contributed by atoms with Gasteiger partial charge in [0, 0.05) is 38.3 Å². The van der Waals surface area contributed by atoms with Crippen molar-refractivity contribution in [3.63, 3.8) is 0 Å². The quantitative estimate of drug-likeness (QED) is 0.797. The van der Waals surface area contributed by atoms with Crippen molar-refractivity contribution in [3.05, 3.63) is 41.2 Å². The highest BCUT2D eigenvalue weighted by Gasteiger charge is 2.09. The molecule has 0 saturated heterocycles. The number of thiazole rings is 1. The van der Waals surface area contributed by atoms with Crippen LogP contribution in [0.2, 0.25) is 0 Å². The summed E-state index contributed by atoms with van der Waals surface area (Å²) in [5, 5.41) is 6.17. The lowest BCUT2D eigenvalue weighted by Crippen LogP contribution is -2.18. The normalized spacial score (nSPS) is 10.8. The standard InChI is InChI=1S/C14H18FN3OS/c1-18(13-5-3-11(15)4-6-13)14-17-12(10-20-14)9-16-7-8-19-2/h3-6,10,16H,7-9H2,1-2H3. The Hall–Kier alpha value is -1.50. The fourth-order valence-electron chi connectivity index (χ4n) is 1.70. The van der Waals surface area contributed by atoms with E-state index in [-0.39, 0.29) is 5.82 Å². The van der Waals surface area contributed by atoms with Crippen LogP contribution in [0, 0.1) is 5.82 Å². The van der Waals surface area contributed by atoms with Gasteiger partial charge in [0.05, 0.1) is 12.3 Å². The highest BCUT2D eigenvalue weighted by Crippen LogP contribution is 2.26. The predicted octanol–water partition coefficient (Wildman–Crippen LogP) is 2.79. The van der Waals surface area contributed by atoms with Gasteiger partial charge in [-0.2, -0.15) is 0 Å². The lowest BCUT2D eigenvalue weighted by Gasteiger charge is -2.15. The van der Waals surface area contributed by atoms with Crippen molar-refractivity contribution >= 4 is 22.2 Å². The number of anilines is 2. The molecular formula is C14H18FN3OS. The number of ether oxygens (including phenoxy) is 1. The predicted molar refractivity (Wildman–Crippen MR) is 80.2 cm³/mol. The van der Waals surface area contributed by atoms with E-state index < -0.39 is 0 Å². The monoisotopic (exact) mass is 295 g/mol. The van der Waals surface area contributed by atoms with Crippen LogP contribution in [-0.4, -0.2) is 32.3 Å². The third-order valence-corrected chi connectivity index (χ3v) is 3.80. The van der Waals surface area contributed by atoms with Gasteiger partial charge >= 0.3 is 0 Å². The summed E-state index contributed by atoms with van der Waals surface area (Å²) in [4.78, 5) is 6.50. The van der Waals surface area contributed by atoms with E-state index in [0.717, 1.165) is 29.6 Å². The van der Waals surface area contributed by atoms with Gasteiger partial charge in [-0.1, -0.05) is 0 Å². The van der Waals surface area contributed by atoms with E-state index >= 15 is 0 Å². The van der Waals surface area contributed by atoms with E-state index in [4.69, 9.17) is 4.74 Å². The molecule has 0 aliphatic carbocycles. The number of halogens is 1. The number of nitrogens with one attached hydrogen (secondary N) is 1. The van der Waals surface area contributed by atoms with E-state index in [1.807, 2.05) is 17.3 Å². The van der Waals surface area contributed by atoms with Crippen molar-refractivity contribution in [1.82, 2.24) is 10.3 Å². The second kappa shape index (κ2) is 7.33. The molecule has 0 fully saturated rings. The fourth-order valence-corrected chi connectivity index (χ4v) is 2.51. The van der Waals surface area contributed by atoms with Crippen LogP contribution in [0.4, 0.5) is 15.2 Å². The van der Waals surface area contributed by atoms with Gasteiger partial charge in [0.1, 0.15) is 5.82 Å². The number of rotatable bonds is 7. The summed E-state index contributed by atoms with van der Waals surface area (Å²) >= 11 is 1.57. The lowest BCUT2D eigenvalue weighted by molar-refractivity contribution is 0.199. The molecule has 2 aromatic rings. The molecule has 4 nitrogen and oxygen atoms in total. The average Bonchev–Trinajstić information content (AvgIpc) is 2.92. The molecule has 0 aliphatic heterocycles. The summed E-state index contributed by atoms with van der Waals surface area (Å²) in [6.07, 6.45) is 0. The molecule has 0 amide bonds. The molecule has 0 saturated carbocycles. The van der Waals surface area contributed by atoms with Crippen LogP contribution in [-0.2, 0) is 11.3 Å². The molecule has 1 aromatic heterocycles. The summed E-state index contributed by atoms with van der Waals surface area (Å²) in [6, 6.07) is 6.39. The SMILES string of the molecule is COCCNCc1csc(N(C)c2ccc(F)cc2)n1. The van der Waals surface area contributed by atoms with Crippen LogP contribution >= 0.6 is 11.3 Å². The van der Waals surface area contributed by atoms with Gasteiger partial charge in [-0.05, 0) is 24.3 Å². The second-order valence-electron chi connectivity index (χ2n) is 4.33. The molecule has 0 atom stereocenters. The van der Waals surface area contributed by atoms with Gasteiger partial charge in [0.2, 0.25) is 0 Å². The Morgan fingerprint density at radius 1 is 1.35 bits per heavy atom. The number of benzene rings is 1. The van der Waals surface area contributed by atoms with Crippen LogP contribution in [0.25, 0.3) is 0 Å². The van der Waals surface area contributed by atoms with E-state index in [2.05, 4.69) is 10.3 Å². The first-order valence-corrected chi connectivity index (χ1v) is 7.22. The first-order valence-electron chi connectivity index (χ1n) is 6.34. The van der Waals surface area contributed by atoms with Crippen molar-refractivity contribution < 1.29 is 9.13 Å². The highest BCUT2D eigenvalue weighted by molar-refractivity contribution is 7.13. The van der Waals surface area contributed by atoms with Gasteiger partial charge in [-0.25, -0.2) is 9.37 Å². The van der Waals surface area contributed by atoms with Crippen molar-refractivity contribution in [2.45, 2.75) is 6.54 Å². The number of hydrogen-bond donors (Lipinski definition) is 1. The molecule has 1 aromatic carbocycles. The van der Waals surface area contributed by atoms with E-state index in [9.17, 15) is 4.39 Å². The molecule has 1 N–H and O–H groups in total. The Bertz CT molecular complexity index is 529. The van der Waals surface area contributed by atoms with Gasteiger partial charge in [-0.3, -0.25) is 0 Å². The number of hydrogen-bond acceptors (Lipinski definition) is 5. The number of nitrogens with zero attached hydrogens (tertiary/aromatic N) is 2. The van der Waals surface area contributed by atoms with Crippen LogP contribution in [0.3, 0.4) is 0 Å².